The van der Waals surface area contributed by atoms with Gasteiger partial charge in [-0.3, -0.25) is 4.79 Å². The molecule has 0 saturated carbocycles. The van der Waals surface area contributed by atoms with E-state index in [1.165, 1.54) is 5.56 Å². The second-order valence-corrected chi connectivity index (χ2v) is 7.32. The van der Waals surface area contributed by atoms with Crippen molar-refractivity contribution in [2.24, 2.45) is 0 Å². The molecule has 5 nitrogen and oxygen atoms in total. The van der Waals surface area contributed by atoms with Crippen LogP contribution >= 0.6 is 0 Å². The molecule has 1 aliphatic heterocycles. The molecule has 0 N–H and O–H groups in total. The Balaban J connectivity index is 1.51. The van der Waals surface area contributed by atoms with E-state index in [0.717, 1.165) is 37.5 Å². The highest BCUT2D eigenvalue weighted by Crippen LogP contribution is 2.28. The molecular weight excluding hydrogens is 338 g/mol. The fraction of sp³-hybridized carbons (Fsp3) is 0.364. The maximum Gasteiger partial charge on any atom is 0.257 e. The maximum atomic E-state index is 13.0. The summed E-state index contributed by atoms with van der Waals surface area (Å²) in [6.07, 6.45) is 5.94. The molecule has 0 aliphatic carbocycles. The van der Waals surface area contributed by atoms with E-state index in [9.17, 15) is 4.79 Å². The molecule has 1 fully saturated rings. The summed E-state index contributed by atoms with van der Waals surface area (Å²) in [5.74, 6) is 2.87. The number of furan rings is 1. The second-order valence-electron chi connectivity index (χ2n) is 7.32. The van der Waals surface area contributed by atoms with Gasteiger partial charge in [0.2, 0.25) is 0 Å². The first-order valence-electron chi connectivity index (χ1n) is 9.53. The van der Waals surface area contributed by atoms with Crippen LogP contribution in [0.4, 0.5) is 0 Å². The van der Waals surface area contributed by atoms with Crippen molar-refractivity contribution in [3.63, 3.8) is 0 Å². The minimum absolute atomic E-state index is 0.0650. The lowest BCUT2D eigenvalue weighted by molar-refractivity contribution is 0.0701. The van der Waals surface area contributed by atoms with E-state index in [1.807, 2.05) is 43.3 Å². The number of likely N-dealkylation sites (tertiary alicyclic amines) is 1. The molecule has 3 heterocycles. The Morgan fingerprint density at radius 3 is 2.81 bits per heavy atom. The molecule has 0 spiro atoms. The van der Waals surface area contributed by atoms with Gasteiger partial charge in [-0.1, -0.05) is 30.3 Å². The third kappa shape index (κ3) is 3.68. The number of hydrogen-bond acceptors (Lipinski definition) is 3. The Morgan fingerprint density at radius 2 is 2.07 bits per heavy atom. The van der Waals surface area contributed by atoms with Crippen molar-refractivity contribution in [3.05, 3.63) is 77.3 Å². The average Bonchev–Trinajstić information content (AvgIpc) is 3.28. The lowest BCUT2D eigenvalue weighted by atomic mass is 9.96. The largest absolute Gasteiger partial charge is 0.466 e. The lowest BCUT2D eigenvalue weighted by Gasteiger charge is -2.32. The number of piperidine rings is 1. The summed E-state index contributed by atoms with van der Waals surface area (Å²) in [5, 5.41) is 0. The van der Waals surface area contributed by atoms with Crippen molar-refractivity contribution in [2.75, 3.05) is 13.1 Å². The standard InChI is InChI=1S/C22H25N3O2/c1-16-13-20(17(2)27-16)22(26)25-11-6-9-19(15-25)21-23-10-12-24(21)14-18-7-4-3-5-8-18/h3-5,7-8,10,12-13,19H,6,9,11,14-15H2,1-2H3/t19-/m0/s1. The third-order valence-corrected chi connectivity index (χ3v) is 5.29. The summed E-state index contributed by atoms with van der Waals surface area (Å²) in [6, 6.07) is 12.2. The van der Waals surface area contributed by atoms with Gasteiger partial charge in [-0.25, -0.2) is 4.98 Å². The number of imidazole rings is 1. The highest BCUT2D eigenvalue weighted by Gasteiger charge is 2.29. The molecule has 1 aromatic carbocycles. The van der Waals surface area contributed by atoms with Gasteiger partial charge >= 0.3 is 0 Å². The van der Waals surface area contributed by atoms with Gasteiger partial charge in [-0.05, 0) is 38.3 Å². The monoisotopic (exact) mass is 363 g/mol. The van der Waals surface area contributed by atoms with Crippen molar-refractivity contribution >= 4 is 5.91 Å². The highest BCUT2D eigenvalue weighted by atomic mass is 16.3. The van der Waals surface area contributed by atoms with Crippen molar-refractivity contribution in [2.45, 2.75) is 39.2 Å². The smallest absolute Gasteiger partial charge is 0.257 e. The van der Waals surface area contributed by atoms with Crippen LogP contribution in [0, 0.1) is 13.8 Å². The summed E-state index contributed by atoms with van der Waals surface area (Å²) in [4.78, 5) is 19.5. The Morgan fingerprint density at radius 1 is 1.26 bits per heavy atom. The van der Waals surface area contributed by atoms with E-state index in [1.54, 1.807) is 0 Å². The van der Waals surface area contributed by atoms with E-state index < -0.39 is 0 Å². The topological polar surface area (TPSA) is 51.3 Å². The fourth-order valence-electron chi connectivity index (χ4n) is 3.98. The van der Waals surface area contributed by atoms with Gasteiger partial charge in [0.1, 0.15) is 17.3 Å². The van der Waals surface area contributed by atoms with Crippen molar-refractivity contribution in [1.29, 1.82) is 0 Å². The Kier molecular flexibility index (Phi) is 4.84. The number of rotatable bonds is 4. The van der Waals surface area contributed by atoms with Crippen molar-refractivity contribution in [1.82, 2.24) is 14.5 Å². The van der Waals surface area contributed by atoms with E-state index in [4.69, 9.17) is 4.42 Å². The third-order valence-electron chi connectivity index (χ3n) is 5.29. The van der Waals surface area contributed by atoms with Crippen LogP contribution in [-0.4, -0.2) is 33.4 Å². The average molecular weight is 363 g/mol. The zero-order valence-electron chi connectivity index (χ0n) is 15.9. The molecule has 3 aromatic rings. The number of nitrogens with zero attached hydrogens (tertiary/aromatic N) is 3. The van der Waals surface area contributed by atoms with Gasteiger partial charge in [-0.15, -0.1) is 0 Å². The number of aryl methyl sites for hydroxylation is 2. The number of carbonyl (C=O) groups excluding carboxylic acids is 1. The zero-order valence-corrected chi connectivity index (χ0v) is 15.9. The van der Waals surface area contributed by atoms with Crippen LogP contribution in [-0.2, 0) is 6.54 Å². The second kappa shape index (κ2) is 7.43. The molecule has 1 aliphatic rings. The number of amides is 1. The van der Waals surface area contributed by atoms with Crippen LogP contribution in [0.25, 0.3) is 0 Å². The van der Waals surface area contributed by atoms with Crippen LogP contribution in [0.1, 0.15) is 52.0 Å². The molecule has 0 bridgehead atoms. The van der Waals surface area contributed by atoms with E-state index in [-0.39, 0.29) is 11.8 Å². The predicted octanol–water partition coefficient (Wildman–Crippen LogP) is 4.16. The molecule has 1 amide bonds. The summed E-state index contributed by atoms with van der Waals surface area (Å²) in [7, 11) is 0. The minimum Gasteiger partial charge on any atom is -0.466 e. The number of hydrogen-bond donors (Lipinski definition) is 0. The first-order valence-corrected chi connectivity index (χ1v) is 9.53. The van der Waals surface area contributed by atoms with Gasteiger partial charge in [0.25, 0.3) is 5.91 Å². The first-order chi connectivity index (χ1) is 13.1. The predicted molar refractivity (Wildman–Crippen MR) is 104 cm³/mol. The first kappa shape index (κ1) is 17.6. The Bertz CT molecular complexity index is 926. The molecule has 2 aromatic heterocycles. The Hall–Kier alpha value is -2.82. The van der Waals surface area contributed by atoms with Crippen molar-refractivity contribution in [3.8, 4) is 0 Å². The van der Waals surface area contributed by atoms with Crippen LogP contribution < -0.4 is 0 Å². The molecule has 4 rings (SSSR count). The summed E-state index contributed by atoms with van der Waals surface area (Å²) in [5.41, 5.74) is 1.94. The molecule has 0 unspecified atom stereocenters. The molecule has 0 radical (unpaired) electrons. The molecule has 1 saturated heterocycles. The normalized spacial score (nSPS) is 17.3. The number of aromatic nitrogens is 2. The van der Waals surface area contributed by atoms with Gasteiger partial charge in [-0.2, -0.15) is 0 Å². The number of carbonyl (C=O) groups is 1. The number of benzene rings is 1. The fourth-order valence-corrected chi connectivity index (χ4v) is 3.98. The van der Waals surface area contributed by atoms with Gasteiger partial charge in [0, 0.05) is 37.9 Å². The van der Waals surface area contributed by atoms with Crippen LogP contribution in [0.15, 0.2) is 53.2 Å². The quantitative estimate of drug-likeness (QED) is 0.699. The van der Waals surface area contributed by atoms with Gasteiger partial charge in [0.05, 0.1) is 5.56 Å². The van der Waals surface area contributed by atoms with Crippen LogP contribution in [0.2, 0.25) is 0 Å². The van der Waals surface area contributed by atoms with Crippen LogP contribution in [0.5, 0.6) is 0 Å². The SMILES string of the molecule is Cc1cc(C(=O)N2CCC[C@H](c3nccn3Cc3ccccc3)C2)c(C)o1. The van der Waals surface area contributed by atoms with Gasteiger partial charge in [0.15, 0.2) is 0 Å². The summed E-state index contributed by atoms with van der Waals surface area (Å²) >= 11 is 0. The summed E-state index contributed by atoms with van der Waals surface area (Å²) in [6.45, 7) is 6.03. The molecule has 1 atom stereocenters. The van der Waals surface area contributed by atoms with E-state index in [2.05, 4.69) is 33.8 Å². The van der Waals surface area contributed by atoms with E-state index >= 15 is 0 Å². The maximum absolute atomic E-state index is 13.0. The molecule has 5 heteroatoms. The molecule has 140 valence electrons. The van der Waals surface area contributed by atoms with E-state index in [0.29, 0.717) is 17.9 Å². The molecule has 27 heavy (non-hydrogen) atoms. The lowest BCUT2D eigenvalue weighted by Crippen LogP contribution is -2.39. The van der Waals surface area contributed by atoms with Crippen LogP contribution in [0.3, 0.4) is 0 Å². The zero-order chi connectivity index (χ0) is 18.8. The van der Waals surface area contributed by atoms with Crippen molar-refractivity contribution < 1.29 is 9.21 Å². The summed E-state index contributed by atoms with van der Waals surface area (Å²) < 4.78 is 7.76. The minimum atomic E-state index is 0.0650. The Labute approximate surface area is 159 Å². The van der Waals surface area contributed by atoms with Gasteiger partial charge < -0.3 is 13.9 Å². The molecular formula is C22H25N3O2. The highest BCUT2D eigenvalue weighted by molar-refractivity contribution is 5.95.